The minimum absolute atomic E-state index is 0.248. The van der Waals surface area contributed by atoms with Crippen LogP contribution >= 0.6 is 0 Å². The first-order valence-corrected chi connectivity index (χ1v) is 3.22. The number of ether oxygens (including phenoxy) is 1. The van der Waals surface area contributed by atoms with E-state index in [0.29, 0.717) is 6.61 Å². The Balaban J connectivity index is 3.70. The summed E-state index contributed by atoms with van der Waals surface area (Å²) in [6.45, 7) is 6.13. The van der Waals surface area contributed by atoms with Crippen molar-refractivity contribution in [2.45, 2.75) is 26.4 Å². The van der Waals surface area contributed by atoms with Crippen LogP contribution in [0.1, 0.15) is 20.8 Å². The molecule has 1 unspecified atom stereocenters. The predicted molar refractivity (Wildman–Crippen MR) is 37.3 cm³/mol. The summed E-state index contributed by atoms with van der Waals surface area (Å²) in [6.07, 6.45) is 0. The third-order valence-electron chi connectivity index (χ3n) is 1.68. The van der Waals surface area contributed by atoms with E-state index in [4.69, 9.17) is 4.74 Å². The average molecular weight is 132 g/mol. The minimum atomic E-state index is -0.672. The molecule has 2 nitrogen and oxygen atoms in total. The molecule has 0 fully saturated rings. The van der Waals surface area contributed by atoms with Gasteiger partial charge in [-0.25, -0.2) is 0 Å². The summed E-state index contributed by atoms with van der Waals surface area (Å²) >= 11 is 0. The molecule has 0 bridgehead atoms. The van der Waals surface area contributed by atoms with Gasteiger partial charge in [-0.3, -0.25) is 0 Å². The van der Waals surface area contributed by atoms with E-state index in [1.165, 1.54) is 0 Å². The highest BCUT2D eigenvalue weighted by Crippen LogP contribution is 2.15. The highest BCUT2D eigenvalue weighted by molar-refractivity contribution is 4.74. The molecule has 0 aromatic heterocycles. The molecule has 56 valence electrons. The summed E-state index contributed by atoms with van der Waals surface area (Å²) in [5.74, 6) is 0.248. The van der Waals surface area contributed by atoms with Gasteiger partial charge in [-0.05, 0) is 12.8 Å². The lowest BCUT2D eigenvalue weighted by Gasteiger charge is -2.26. The molecule has 0 amide bonds. The number of methoxy groups -OCH3 is 1. The van der Waals surface area contributed by atoms with Crippen LogP contribution in [-0.2, 0) is 4.74 Å². The molecule has 0 radical (unpaired) electrons. The monoisotopic (exact) mass is 132 g/mol. The third kappa shape index (κ3) is 2.82. The smallest absolute Gasteiger partial charge is 0.0874 e. The Morgan fingerprint density at radius 2 is 2.00 bits per heavy atom. The van der Waals surface area contributed by atoms with Crippen LogP contribution in [0.15, 0.2) is 0 Å². The van der Waals surface area contributed by atoms with Crippen molar-refractivity contribution in [1.82, 2.24) is 0 Å². The van der Waals surface area contributed by atoms with Gasteiger partial charge in [0.05, 0.1) is 12.2 Å². The number of aliphatic hydroxyl groups is 1. The second-order valence-electron chi connectivity index (χ2n) is 2.94. The summed E-state index contributed by atoms with van der Waals surface area (Å²) in [7, 11) is 1.59. The molecule has 0 aliphatic heterocycles. The highest BCUT2D eigenvalue weighted by atomic mass is 16.5. The Labute approximate surface area is 56.8 Å². The van der Waals surface area contributed by atoms with E-state index in [2.05, 4.69) is 0 Å². The van der Waals surface area contributed by atoms with Crippen molar-refractivity contribution in [1.29, 1.82) is 0 Å². The van der Waals surface area contributed by atoms with Crippen molar-refractivity contribution in [2.24, 2.45) is 5.92 Å². The van der Waals surface area contributed by atoms with Crippen molar-refractivity contribution in [3.05, 3.63) is 0 Å². The molecule has 2 heteroatoms. The molecule has 0 heterocycles. The molecule has 0 aromatic rings. The Morgan fingerprint density at radius 3 is 2.11 bits per heavy atom. The van der Waals surface area contributed by atoms with Gasteiger partial charge < -0.3 is 9.84 Å². The molecular formula is C7H16O2. The normalized spacial score (nSPS) is 18.0. The molecule has 0 aliphatic carbocycles. The zero-order valence-corrected chi connectivity index (χ0v) is 6.64. The summed E-state index contributed by atoms with van der Waals surface area (Å²) in [5.41, 5.74) is -0.672. The largest absolute Gasteiger partial charge is 0.388 e. The standard InChI is InChI=1S/C7H16O2/c1-6(2)7(3,8)5-9-4/h6,8H,5H2,1-4H3. The molecule has 0 spiro atoms. The van der Waals surface area contributed by atoms with E-state index < -0.39 is 5.60 Å². The van der Waals surface area contributed by atoms with Crippen LogP contribution in [0.4, 0.5) is 0 Å². The topological polar surface area (TPSA) is 29.5 Å². The van der Waals surface area contributed by atoms with Crippen molar-refractivity contribution >= 4 is 0 Å². The van der Waals surface area contributed by atoms with Crippen LogP contribution in [0.5, 0.6) is 0 Å². The van der Waals surface area contributed by atoms with Crippen LogP contribution in [0, 0.1) is 5.92 Å². The van der Waals surface area contributed by atoms with Crippen LogP contribution in [0.25, 0.3) is 0 Å². The molecule has 0 aromatic carbocycles. The summed E-state index contributed by atoms with van der Waals surface area (Å²) in [4.78, 5) is 0. The van der Waals surface area contributed by atoms with Gasteiger partial charge in [0.25, 0.3) is 0 Å². The summed E-state index contributed by atoms with van der Waals surface area (Å²) in [5, 5.41) is 9.47. The van der Waals surface area contributed by atoms with Crippen molar-refractivity contribution in [3.8, 4) is 0 Å². The minimum Gasteiger partial charge on any atom is -0.388 e. The van der Waals surface area contributed by atoms with Gasteiger partial charge in [-0.2, -0.15) is 0 Å². The van der Waals surface area contributed by atoms with E-state index in [9.17, 15) is 5.11 Å². The van der Waals surface area contributed by atoms with Crippen LogP contribution in [0.3, 0.4) is 0 Å². The predicted octanol–water partition coefficient (Wildman–Crippen LogP) is 1.04. The van der Waals surface area contributed by atoms with Gasteiger partial charge in [0.1, 0.15) is 0 Å². The molecule has 0 aliphatic rings. The van der Waals surface area contributed by atoms with E-state index in [1.807, 2.05) is 13.8 Å². The number of hydrogen-bond donors (Lipinski definition) is 1. The maximum Gasteiger partial charge on any atom is 0.0874 e. The molecule has 0 rings (SSSR count). The van der Waals surface area contributed by atoms with Gasteiger partial charge in [-0.15, -0.1) is 0 Å². The lowest BCUT2D eigenvalue weighted by Crippen LogP contribution is -2.35. The molecular weight excluding hydrogens is 116 g/mol. The number of rotatable bonds is 3. The fourth-order valence-corrected chi connectivity index (χ4v) is 0.459. The van der Waals surface area contributed by atoms with E-state index in [0.717, 1.165) is 0 Å². The lowest BCUT2D eigenvalue weighted by molar-refractivity contribution is -0.0495. The van der Waals surface area contributed by atoms with Gasteiger partial charge in [-0.1, -0.05) is 13.8 Å². The van der Waals surface area contributed by atoms with Crippen LogP contribution in [0.2, 0.25) is 0 Å². The Hall–Kier alpha value is -0.0800. The summed E-state index contributed by atoms with van der Waals surface area (Å²) in [6, 6.07) is 0. The zero-order valence-electron chi connectivity index (χ0n) is 6.64. The quantitative estimate of drug-likeness (QED) is 0.621. The van der Waals surface area contributed by atoms with Crippen LogP contribution < -0.4 is 0 Å². The average Bonchev–Trinajstić information content (AvgIpc) is 1.65. The second kappa shape index (κ2) is 3.18. The lowest BCUT2D eigenvalue weighted by atomic mass is 9.94. The first-order valence-electron chi connectivity index (χ1n) is 3.22. The second-order valence-corrected chi connectivity index (χ2v) is 2.94. The van der Waals surface area contributed by atoms with Gasteiger partial charge in [0, 0.05) is 7.11 Å². The fourth-order valence-electron chi connectivity index (χ4n) is 0.459. The maximum absolute atomic E-state index is 9.47. The third-order valence-corrected chi connectivity index (χ3v) is 1.68. The van der Waals surface area contributed by atoms with Gasteiger partial charge in [0.15, 0.2) is 0 Å². The molecule has 9 heavy (non-hydrogen) atoms. The highest BCUT2D eigenvalue weighted by Gasteiger charge is 2.23. The number of hydrogen-bond acceptors (Lipinski definition) is 2. The SMILES string of the molecule is COCC(C)(O)C(C)C. The maximum atomic E-state index is 9.47. The van der Waals surface area contributed by atoms with Gasteiger partial charge in [0.2, 0.25) is 0 Å². The first-order chi connectivity index (χ1) is 4.00. The van der Waals surface area contributed by atoms with Gasteiger partial charge >= 0.3 is 0 Å². The fraction of sp³-hybridized carbons (Fsp3) is 1.00. The zero-order chi connectivity index (χ0) is 7.49. The molecule has 1 atom stereocenters. The first kappa shape index (κ1) is 8.92. The van der Waals surface area contributed by atoms with E-state index in [-0.39, 0.29) is 5.92 Å². The van der Waals surface area contributed by atoms with Crippen molar-refractivity contribution < 1.29 is 9.84 Å². The van der Waals surface area contributed by atoms with Crippen LogP contribution in [-0.4, -0.2) is 24.4 Å². The summed E-state index contributed by atoms with van der Waals surface area (Å²) < 4.78 is 4.82. The van der Waals surface area contributed by atoms with Crippen molar-refractivity contribution in [2.75, 3.05) is 13.7 Å². The Morgan fingerprint density at radius 1 is 1.56 bits per heavy atom. The Kier molecular flexibility index (Phi) is 3.15. The van der Waals surface area contributed by atoms with E-state index >= 15 is 0 Å². The molecule has 0 saturated carbocycles. The van der Waals surface area contributed by atoms with E-state index in [1.54, 1.807) is 14.0 Å². The van der Waals surface area contributed by atoms with Crippen molar-refractivity contribution in [3.63, 3.8) is 0 Å². The molecule has 0 saturated heterocycles. The Bertz CT molecular complexity index is 77.0. The molecule has 1 N–H and O–H groups in total.